The molecule has 0 atom stereocenters. The van der Waals surface area contributed by atoms with Crippen LogP contribution in [0.4, 0.5) is 5.13 Å². The molecule has 0 fully saturated rings. The van der Waals surface area contributed by atoms with Crippen molar-refractivity contribution in [3.05, 3.63) is 66.2 Å². The Labute approximate surface area is 155 Å². The van der Waals surface area contributed by atoms with E-state index in [1.165, 1.54) is 0 Å². The van der Waals surface area contributed by atoms with E-state index in [1.807, 2.05) is 54.6 Å². The van der Waals surface area contributed by atoms with Crippen molar-refractivity contribution in [3.63, 3.8) is 0 Å². The lowest BCUT2D eigenvalue weighted by Crippen LogP contribution is -1.99. The van der Waals surface area contributed by atoms with Crippen LogP contribution in [-0.4, -0.2) is 17.8 Å². The third-order valence-electron chi connectivity index (χ3n) is 3.89. The monoisotopic (exact) mass is 357 g/mol. The minimum absolute atomic E-state index is 0.213. The van der Waals surface area contributed by atoms with Gasteiger partial charge >= 0.3 is 0 Å². The predicted molar refractivity (Wildman–Crippen MR) is 109 cm³/mol. The van der Waals surface area contributed by atoms with Gasteiger partial charge in [0.15, 0.2) is 0 Å². The zero-order valence-electron chi connectivity index (χ0n) is 13.8. The Morgan fingerprint density at radius 1 is 1.12 bits per heavy atom. The second kappa shape index (κ2) is 7.26. The predicted octanol–water partition coefficient (Wildman–Crippen LogP) is 4.91. The van der Waals surface area contributed by atoms with Crippen LogP contribution in [-0.2, 0) is 0 Å². The molecule has 0 aliphatic heterocycles. The zero-order chi connectivity index (χ0) is 17.8. The van der Waals surface area contributed by atoms with Gasteiger partial charge in [0.05, 0.1) is 16.4 Å². The largest absolute Gasteiger partial charge is 0.480 e. The quantitative estimate of drug-likeness (QED) is 0.314. The van der Waals surface area contributed by atoms with E-state index in [0.717, 1.165) is 31.7 Å². The molecule has 0 saturated carbocycles. The van der Waals surface area contributed by atoms with E-state index in [1.54, 1.807) is 17.6 Å². The average Bonchev–Trinajstić information content (AvgIpc) is 3.10. The van der Waals surface area contributed by atoms with Crippen molar-refractivity contribution in [1.29, 1.82) is 0 Å². The summed E-state index contributed by atoms with van der Waals surface area (Å²) in [6.07, 6.45) is 7.07. The third-order valence-corrected chi connectivity index (χ3v) is 4.83. The first kappa shape index (κ1) is 16.1. The van der Waals surface area contributed by atoms with Gasteiger partial charge in [0.1, 0.15) is 12.4 Å². The number of aromatic nitrogens is 1. The lowest BCUT2D eigenvalue weighted by Gasteiger charge is -2.09. The molecule has 0 spiro atoms. The molecule has 5 heteroatoms. The van der Waals surface area contributed by atoms with Gasteiger partial charge in [0, 0.05) is 5.56 Å². The van der Waals surface area contributed by atoms with Crippen LogP contribution >= 0.6 is 11.3 Å². The molecule has 0 amide bonds. The fourth-order valence-corrected chi connectivity index (χ4v) is 3.54. The number of anilines is 1. The van der Waals surface area contributed by atoms with E-state index >= 15 is 0 Å². The van der Waals surface area contributed by atoms with Gasteiger partial charge in [-0.25, -0.2) is 4.98 Å². The van der Waals surface area contributed by atoms with E-state index in [9.17, 15) is 0 Å². The molecule has 26 heavy (non-hydrogen) atoms. The molecule has 4 rings (SSSR count). The van der Waals surface area contributed by atoms with Gasteiger partial charge in [0.2, 0.25) is 5.13 Å². The fraction of sp³-hybridized carbons (Fsp3) is 0.0476. The smallest absolute Gasteiger partial charge is 0.204 e. The molecule has 4 aromatic rings. The molecule has 1 N–H and O–H groups in total. The molecule has 0 saturated heterocycles. The van der Waals surface area contributed by atoms with Crippen LogP contribution < -0.4 is 10.2 Å². The summed E-state index contributed by atoms with van der Waals surface area (Å²) in [6.45, 7) is 0.213. The van der Waals surface area contributed by atoms with Crippen molar-refractivity contribution >= 4 is 43.7 Å². The molecule has 1 aromatic heterocycles. The van der Waals surface area contributed by atoms with Crippen LogP contribution in [0.15, 0.2) is 65.8 Å². The van der Waals surface area contributed by atoms with Crippen molar-refractivity contribution in [2.24, 2.45) is 5.10 Å². The normalized spacial score (nSPS) is 11.0. The highest BCUT2D eigenvalue weighted by molar-refractivity contribution is 7.22. The van der Waals surface area contributed by atoms with Crippen molar-refractivity contribution in [1.82, 2.24) is 4.98 Å². The first-order valence-electron chi connectivity index (χ1n) is 8.08. The minimum atomic E-state index is 0.213. The molecule has 126 valence electrons. The Morgan fingerprint density at radius 2 is 1.96 bits per heavy atom. The maximum atomic E-state index is 5.68. The first-order chi connectivity index (χ1) is 12.8. The molecule has 3 aromatic carbocycles. The Balaban J connectivity index is 1.66. The molecule has 0 aliphatic carbocycles. The summed E-state index contributed by atoms with van der Waals surface area (Å²) in [5, 5.41) is 7.28. The lowest BCUT2D eigenvalue weighted by atomic mass is 10.0. The number of hydrazone groups is 1. The summed E-state index contributed by atoms with van der Waals surface area (Å²) in [5.74, 6) is 3.20. The number of benzene rings is 3. The van der Waals surface area contributed by atoms with Crippen LogP contribution in [0, 0.1) is 12.3 Å². The van der Waals surface area contributed by atoms with Gasteiger partial charge in [-0.3, -0.25) is 5.43 Å². The number of fused-ring (bicyclic) bond motifs is 2. The summed E-state index contributed by atoms with van der Waals surface area (Å²) >= 11 is 1.56. The van der Waals surface area contributed by atoms with Crippen LogP contribution in [0.5, 0.6) is 5.75 Å². The SMILES string of the molecule is C#CCOc1ccc2ccccc2c1/C=N/Nc1nc2ccccc2s1. The molecule has 4 nitrogen and oxygen atoms in total. The maximum absolute atomic E-state index is 5.68. The third kappa shape index (κ3) is 3.23. The Morgan fingerprint density at radius 3 is 2.85 bits per heavy atom. The lowest BCUT2D eigenvalue weighted by molar-refractivity contribution is 0.370. The first-order valence-corrected chi connectivity index (χ1v) is 8.89. The minimum Gasteiger partial charge on any atom is -0.480 e. The molecule has 0 bridgehead atoms. The van der Waals surface area contributed by atoms with E-state index in [4.69, 9.17) is 11.2 Å². The number of ether oxygens (including phenoxy) is 1. The summed E-state index contributed by atoms with van der Waals surface area (Å²) in [4.78, 5) is 4.51. The fourth-order valence-electron chi connectivity index (χ4n) is 2.73. The molecular formula is C21H15N3OS. The van der Waals surface area contributed by atoms with Crippen LogP contribution in [0.25, 0.3) is 21.0 Å². The van der Waals surface area contributed by atoms with Gasteiger partial charge in [-0.1, -0.05) is 59.7 Å². The van der Waals surface area contributed by atoms with E-state index < -0.39 is 0 Å². The van der Waals surface area contributed by atoms with Crippen molar-refractivity contribution in [2.45, 2.75) is 0 Å². The van der Waals surface area contributed by atoms with Gasteiger partial charge in [0.25, 0.3) is 0 Å². The highest BCUT2D eigenvalue weighted by Gasteiger charge is 2.07. The highest BCUT2D eigenvalue weighted by atomic mass is 32.1. The van der Waals surface area contributed by atoms with Crippen molar-refractivity contribution < 1.29 is 4.74 Å². The summed E-state index contributed by atoms with van der Waals surface area (Å²) in [6, 6.07) is 20.0. The molecule has 0 radical (unpaired) electrons. The van der Waals surface area contributed by atoms with E-state index in [-0.39, 0.29) is 6.61 Å². The van der Waals surface area contributed by atoms with Gasteiger partial charge < -0.3 is 4.74 Å². The molecule has 1 heterocycles. The topological polar surface area (TPSA) is 46.5 Å². The number of para-hydroxylation sites is 1. The van der Waals surface area contributed by atoms with E-state index in [0.29, 0.717) is 5.75 Å². The number of hydrogen-bond acceptors (Lipinski definition) is 5. The molecule has 0 aliphatic rings. The number of terminal acetylenes is 1. The van der Waals surface area contributed by atoms with E-state index in [2.05, 4.69) is 27.5 Å². The Hall–Kier alpha value is -3.36. The summed E-state index contributed by atoms with van der Waals surface area (Å²) in [5.41, 5.74) is 4.85. The number of thiazole rings is 1. The second-order valence-electron chi connectivity index (χ2n) is 5.55. The standard InChI is InChI=1S/C21H15N3OS/c1-2-13-25-19-12-11-15-7-3-4-8-16(15)17(19)14-22-24-21-23-18-9-5-6-10-20(18)26-21/h1,3-12,14H,13H2,(H,23,24)/b22-14+. The number of nitrogens with zero attached hydrogens (tertiary/aromatic N) is 2. The highest BCUT2D eigenvalue weighted by Crippen LogP contribution is 2.28. The second-order valence-corrected chi connectivity index (χ2v) is 6.58. The average molecular weight is 357 g/mol. The summed E-state index contributed by atoms with van der Waals surface area (Å²) in [7, 11) is 0. The van der Waals surface area contributed by atoms with Gasteiger partial charge in [-0.05, 0) is 29.0 Å². The van der Waals surface area contributed by atoms with Crippen molar-refractivity contribution in [2.75, 3.05) is 12.0 Å². The van der Waals surface area contributed by atoms with Crippen LogP contribution in [0.2, 0.25) is 0 Å². The number of nitrogens with one attached hydrogen (secondary N) is 1. The summed E-state index contributed by atoms with van der Waals surface area (Å²) < 4.78 is 6.80. The van der Waals surface area contributed by atoms with Gasteiger partial charge in [-0.2, -0.15) is 5.10 Å². The Bertz CT molecular complexity index is 1110. The Kier molecular flexibility index (Phi) is 4.50. The van der Waals surface area contributed by atoms with Gasteiger partial charge in [-0.15, -0.1) is 6.42 Å². The van der Waals surface area contributed by atoms with Crippen LogP contribution in [0.1, 0.15) is 5.56 Å². The maximum Gasteiger partial charge on any atom is 0.204 e. The number of hydrogen-bond donors (Lipinski definition) is 1. The molecule has 0 unspecified atom stereocenters. The van der Waals surface area contributed by atoms with Crippen molar-refractivity contribution in [3.8, 4) is 18.1 Å². The number of rotatable bonds is 5. The molecular weight excluding hydrogens is 342 g/mol. The zero-order valence-corrected chi connectivity index (χ0v) is 14.7. The van der Waals surface area contributed by atoms with Crippen LogP contribution in [0.3, 0.4) is 0 Å².